The van der Waals surface area contributed by atoms with Gasteiger partial charge in [0.1, 0.15) is 5.92 Å². The van der Waals surface area contributed by atoms with Gasteiger partial charge in [0.25, 0.3) is 5.92 Å². The van der Waals surface area contributed by atoms with Gasteiger partial charge >= 0.3 is 0 Å². The van der Waals surface area contributed by atoms with Crippen LogP contribution in [0.15, 0.2) is 0 Å². The third-order valence-corrected chi connectivity index (χ3v) is 2.35. The third kappa shape index (κ3) is 2.64. The first-order valence-corrected chi connectivity index (χ1v) is 4.94. The van der Waals surface area contributed by atoms with Crippen LogP contribution in [0, 0.1) is 5.92 Å². The van der Waals surface area contributed by atoms with Gasteiger partial charge < -0.3 is 10.6 Å². The smallest absolute Gasteiger partial charge is 0.271 e. The number of hydrogen-bond donors (Lipinski definition) is 2. The summed E-state index contributed by atoms with van der Waals surface area (Å²) in [5, 5.41) is 5.10. The van der Waals surface area contributed by atoms with Crippen molar-refractivity contribution in [2.24, 2.45) is 5.92 Å². The molecule has 1 rings (SSSR count). The van der Waals surface area contributed by atoms with E-state index in [0.29, 0.717) is 13.1 Å². The Kier molecular flexibility index (Phi) is 3.80. The number of halogens is 2. The maximum atomic E-state index is 13.2. The fourth-order valence-corrected chi connectivity index (χ4v) is 1.53. The van der Waals surface area contributed by atoms with E-state index in [4.69, 9.17) is 0 Å². The van der Waals surface area contributed by atoms with Crippen molar-refractivity contribution < 1.29 is 13.6 Å². The first-order chi connectivity index (χ1) is 6.58. The van der Waals surface area contributed by atoms with Gasteiger partial charge in [-0.3, -0.25) is 4.79 Å². The highest BCUT2D eigenvalue weighted by Crippen LogP contribution is 2.29. The average molecular weight is 206 g/mol. The van der Waals surface area contributed by atoms with Crippen LogP contribution in [0.1, 0.15) is 19.8 Å². The molecule has 1 heterocycles. The number of nitrogens with one attached hydrogen (secondary N) is 2. The highest BCUT2D eigenvalue weighted by atomic mass is 19.3. The van der Waals surface area contributed by atoms with Gasteiger partial charge in [0.05, 0.1) is 6.54 Å². The molecule has 14 heavy (non-hydrogen) atoms. The van der Waals surface area contributed by atoms with Crippen LogP contribution >= 0.6 is 0 Å². The maximum Gasteiger partial charge on any atom is 0.271 e. The third-order valence-electron chi connectivity index (χ3n) is 2.35. The largest absolute Gasteiger partial charge is 0.356 e. The Hall–Kier alpha value is -0.710. The molecule has 1 atom stereocenters. The van der Waals surface area contributed by atoms with E-state index in [0.717, 1.165) is 6.42 Å². The van der Waals surface area contributed by atoms with Crippen LogP contribution in [0.5, 0.6) is 0 Å². The van der Waals surface area contributed by atoms with E-state index in [1.807, 2.05) is 6.92 Å². The van der Waals surface area contributed by atoms with E-state index >= 15 is 0 Å². The van der Waals surface area contributed by atoms with Gasteiger partial charge in [-0.15, -0.1) is 0 Å². The number of piperidine rings is 1. The zero-order valence-corrected chi connectivity index (χ0v) is 8.28. The normalized spacial score (nSPS) is 25.8. The Labute approximate surface area is 82.2 Å². The lowest BCUT2D eigenvalue weighted by Gasteiger charge is -2.30. The molecule has 5 heteroatoms. The summed E-state index contributed by atoms with van der Waals surface area (Å²) >= 11 is 0. The lowest BCUT2D eigenvalue weighted by Crippen LogP contribution is -2.52. The first-order valence-electron chi connectivity index (χ1n) is 4.94. The van der Waals surface area contributed by atoms with Gasteiger partial charge in [0.15, 0.2) is 0 Å². The van der Waals surface area contributed by atoms with Crippen LogP contribution in [-0.2, 0) is 4.79 Å². The molecule has 0 aromatic rings. The summed E-state index contributed by atoms with van der Waals surface area (Å²) in [4.78, 5) is 11.4. The number of rotatable bonds is 3. The minimum atomic E-state index is -2.91. The molecule has 1 saturated heterocycles. The maximum absolute atomic E-state index is 13.2. The van der Waals surface area contributed by atoms with Crippen molar-refractivity contribution in [2.45, 2.75) is 25.7 Å². The molecule has 0 aromatic heterocycles. The van der Waals surface area contributed by atoms with Crippen molar-refractivity contribution in [3.63, 3.8) is 0 Å². The van der Waals surface area contributed by atoms with Gasteiger partial charge in [0, 0.05) is 6.54 Å². The second kappa shape index (κ2) is 4.68. The Balaban J connectivity index is 2.51. The predicted molar refractivity (Wildman–Crippen MR) is 49.2 cm³/mol. The molecule has 0 aromatic carbocycles. The second-order valence-electron chi connectivity index (χ2n) is 3.57. The first kappa shape index (κ1) is 11.4. The molecule has 0 saturated carbocycles. The van der Waals surface area contributed by atoms with Crippen molar-refractivity contribution in [3.05, 3.63) is 0 Å². The van der Waals surface area contributed by atoms with E-state index in [-0.39, 0.29) is 6.42 Å². The number of hydrogen-bond acceptors (Lipinski definition) is 2. The van der Waals surface area contributed by atoms with E-state index in [1.54, 1.807) is 0 Å². The standard InChI is InChI=1S/C9H16F2N2O/c1-2-4-13-8(14)7-3-5-12-6-9(7,10)11/h7,12H,2-6H2,1H3,(H,13,14). The fourth-order valence-electron chi connectivity index (χ4n) is 1.53. The molecule has 0 bridgehead atoms. The molecule has 1 unspecified atom stereocenters. The monoisotopic (exact) mass is 206 g/mol. The number of alkyl halides is 2. The Morgan fingerprint density at radius 2 is 2.36 bits per heavy atom. The van der Waals surface area contributed by atoms with Crippen LogP contribution in [0.4, 0.5) is 8.78 Å². The molecule has 1 aliphatic heterocycles. The van der Waals surface area contributed by atoms with Gasteiger partial charge in [-0.2, -0.15) is 0 Å². The summed E-state index contributed by atoms with van der Waals surface area (Å²) in [5.41, 5.74) is 0. The summed E-state index contributed by atoms with van der Waals surface area (Å²) in [5.74, 6) is -4.58. The van der Waals surface area contributed by atoms with Crippen molar-refractivity contribution in [1.82, 2.24) is 10.6 Å². The van der Waals surface area contributed by atoms with Gasteiger partial charge in [-0.05, 0) is 19.4 Å². The van der Waals surface area contributed by atoms with E-state index < -0.39 is 24.3 Å². The lowest BCUT2D eigenvalue weighted by atomic mass is 9.93. The van der Waals surface area contributed by atoms with Crippen LogP contribution in [0.3, 0.4) is 0 Å². The molecule has 2 N–H and O–H groups in total. The van der Waals surface area contributed by atoms with Gasteiger partial charge in [-0.25, -0.2) is 8.78 Å². The van der Waals surface area contributed by atoms with E-state index in [9.17, 15) is 13.6 Å². The SMILES string of the molecule is CCCNC(=O)C1CCNCC1(F)F. The molecule has 1 aliphatic rings. The molecular weight excluding hydrogens is 190 g/mol. The van der Waals surface area contributed by atoms with Crippen LogP contribution in [0.25, 0.3) is 0 Å². The van der Waals surface area contributed by atoms with Gasteiger partial charge in [0.2, 0.25) is 5.91 Å². The van der Waals surface area contributed by atoms with Crippen LogP contribution in [-0.4, -0.2) is 31.5 Å². The number of carbonyl (C=O) groups excluding carboxylic acids is 1. The summed E-state index contributed by atoms with van der Waals surface area (Å²) in [7, 11) is 0. The number of carbonyl (C=O) groups is 1. The van der Waals surface area contributed by atoms with E-state index in [2.05, 4.69) is 10.6 Å². The van der Waals surface area contributed by atoms with Crippen molar-refractivity contribution in [1.29, 1.82) is 0 Å². The minimum Gasteiger partial charge on any atom is -0.356 e. The highest BCUT2D eigenvalue weighted by Gasteiger charge is 2.45. The van der Waals surface area contributed by atoms with Crippen LogP contribution in [0.2, 0.25) is 0 Å². The zero-order chi connectivity index (χ0) is 10.6. The van der Waals surface area contributed by atoms with Crippen LogP contribution < -0.4 is 10.6 Å². The highest BCUT2D eigenvalue weighted by molar-refractivity contribution is 5.79. The zero-order valence-electron chi connectivity index (χ0n) is 8.28. The lowest BCUT2D eigenvalue weighted by molar-refractivity contribution is -0.142. The predicted octanol–water partition coefficient (Wildman–Crippen LogP) is 0.757. The Morgan fingerprint density at radius 1 is 1.64 bits per heavy atom. The topological polar surface area (TPSA) is 41.1 Å². The van der Waals surface area contributed by atoms with Crippen molar-refractivity contribution >= 4 is 5.91 Å². The fraction of sp³-hybridized carbons (Fsp3) is 0.889. The molecule has 0 aliphatic carbocycles. The Morgan fingerprint density at radius 3 is 2.93 bits per heavy atom. The number of amides is 1. The molecule has 0 radical (unpaired) electrons. The Bertz CT molecular complexity index is 209. The molecule has 82 valence electrons. The molecule has 1 fully saturated rings. The summed E-state index contributed by atoms with van der Waals surface area (Å²) < 4.78 is 26.4. The van der Waals surface area contributed by atoms with Crippen molar-refractivity contribution in [2.75, 3.05) is 19.6 Å². The summed E-state index contributed by atoms with van der Waals surface area (Å²) in [6, 6.07) is 0. The van der Waals surface area contributed by atoms with Gasteiger partial charge in [-0.1, -0.05) is 6.92 Å². The molecule has 0 spiro atoms. The molecule has 3 nitrogen and oxygen atoms in total. The quantitative estimate of drug-likeness (QED) is 0.715. The van der Waals surface area contributed by atoms with Crippen molar-refractivity contribution in [3.8, 4) is 0 Å². The molecular formula is C9H16F2N2O. The summed E-state index contributed by atoms with van der Waals surface area (Å²) in [6.07, 6.45) is 0.977. The second-order valence-corrected chi connectivity index (χ2v) is 3.57. The molecule has 1 amide bonds. The average Bonchev–Trinajstić information content (AvgIpc) is 2.13. The summed E-state index contributed by atoms with van der Waals surface area (Å²) in [6.45, 7) is 2.46. The van der Waals surface area contributed by atoms with E-state index in [1.165, 1.54) is 0 Å². The minimum absolute atomic E-state index is 0.211.